The third kappa shape index (κ3) is 3.64. The highest BCUT2D eigenvalue weighted by atomic mass is 32.1. The van der Waals surface area contributed by atoms with Gasteiger partial charge < -0.3 is 9.64 Å². The van der Waals surface area contributed by atoms with Gasteiger partial charge in [-0.15, -0.1) is 11.3 Å². The second kappa shape index (κ2) is 7.79. The highest BCUT2D eigenvalue weighted by Crippen LogP contribution is 2.33. The molecule has 140 valence electrons. The molecule has 0 aromatic carbocycles. The molecule has 0 radical (unpaired) electrons. The predicted molar refractivity (Wildman–Crippen MR) is 100 cm³/mol. The molecule has 2 aliphatic carbocycles. The Labute approximate surface area is 158 Å². The summed E-state index contributed by atoms with van der Waals surface area (Å²) in [5.74, 6) is -0.739. The Morgan fingerprint density at radius 1 is 1.23 bits per heavy atom. The van der Waals surface area contributed by atoms with Crippen LogP contribution in [0.4, 0.5) is 0 Å². The molecule has 2 aliphatic rings. The van der Waals surface area contributed by atoms with Crippen molar-refractivity contribution in [1.29, 1.82) is 5.26 Å². The van der Waals surface area contributed by atoms with Crippen LogP contribution in [-0.4, -0.2) is 35.5 Å². The van der Waals surface area contributed by atoms with Gasteiger partial charge in [0.15, 0.2) is 6.10 Å². The molecule has 1 heterocycles. The molecule has 0 saturated heterocycles. The molecule has 1 saturated carbocycles. The van der Waals surface area contributed by atoms with Crippen molar-refractivity contribution in [2.24, 2.45) is 0 Å². The van der Waals surface area contributed by atoms with Gasteiger partial charge in [-0.25, -0.2) is 4.79 Å². The zero-order valence-corrected chi connectivity index (χ0v) is 16.4. The number of carbonyl (C=O) groups is 2. The number of hydrogen-bond donors (Lipinski definition) is 0. The van der Waals surface area contributed by atoms with E-state index < -0.39 is 17.6 Å². The number of nitriles is 1. The second-order valence-corrected chi connectivity index (χ2v) is 8.55. The molecule has 5 nitrogen and oxygen atoms in total. The van der Waals surface area contributed by atoms with Crippen LogP contribution in [0.5, 0.6) is 0 Å². The smallest absolute Gasteiger partial charge is 0.349 e. The maximum Gasteiger partial charge on any atom is 0.349 e. The van der Waals surface area contributed by atoms with Gasteiger partial charge >= 0.3 is 5.97 Å². The van der Waals surface area contributed by atoms with Crippen LogP contribution in [0.15, 0.2) is 6.07 Å². The monoisotopic (exact) mass is 374 g/mol. The molecule has 0 aliphatic heterocycles. The van der Waals surface area contributed by atoms with Gasteiger partial charge in [0, 0.05) is 11.9 Å². The highest BCUT2D eigenvalue weighted by Gasteiger charge is 2.40. The quantitative estimate of drug-likeness (QED) is 0.751. The number of ether oxygens (including phenoxy) is 1. The number of likely N-dealkylation sites (N-methyl/N-ethyl adjacent to an activating group) is 1. The first-order valence-corrected chi connectivity index (χ1v) is 10.3. The van der Waals surface area contributed by atoms with E-state index in [1.165, 1.54) is 26.7 Å². The fraction of sp³-hybridized carbons (Fsp3) is 0.650. The third-order valence-corrected chi connectivity index (χ3v) is 6.91. The Kier molecular flexibility index (Phi) is 5.67. The number of thiophene rings is 1. The van der Waals surface area contributed by atoms with Gasteiger partial charge in [-0.2, -0.15) is 5.26 Å². The van der Waals surface area contributed by atoms with Crippen LogP contribution < -0.4 is 0 Å². The number of nitrogens with zero attached hydrogens (tertiary/aromatic N) is 2. The lowest BCUT2D eigenvalue weighted by Crippen LogP contribution is -2.53. The van der Waals surface area contributed by atoms with Crippen LogP contribution in [-0.2, 0) is 22.4 Å². The maximum absolute atomic E-state index is 12.8. The van der Waals surface area contributed by atoms with Crippen LogP contribution in [0.1, 0.15) is 72.0 Å². The third-order valence-electron chi connectivity index (χ3n) is 5.69. The maximum atomic E-state index is 12.8. The summed E-state index contributed by atoms with van der Waals surface area (Å²) in [6.07, 6.45) is 7.83. The predicted octanol–water partition coefficient (Wildman–Crippen LogP) is 3.86. The largest absolute Gasteiger partial charge is 0.448 e. The summed E-state index contributed by atoms with van der Waals surface area (Å²) in [7, 11) is 1.66. The first-order valence-electron chi connectivity index (χ1n) is 9.48. The van der Waals surface area contributed by atoms with Crippen LogP contribution in [0.3, 0.4) is 0 Å². The van der Waals surface area contributed by atoms with Gasteiger partial charge in [-0.05, 0) is 57.1 Å². The minimum atomic E-state index is -0.890. The van der Waals surface area contributed by atoms with Crippen LogP contribution in [0.2, 0.25) is 0 Å². The van der Waals surface area contributed by atoms with Crippen molar-refractivity contribution in [3.8, 4) is 6.07 Å². The van der Waals surface area contributed by atoms with E-state index in [9.17, 15) is 14.9 Å². The number of amides is 1. The van der Waals surface area contributed by atoms with Crippen molar-refractivity contribution in [2.75, 3.05) is 7.05 Å². The van der Waals surface area contributed by atoms with Crippen LogP contribution >= 0.6 is 11.3 Å². The van der Waals surface area contributed by atoms with Gasteiger partial charge in [-0.3, -0.25) is 4.79 Å². The summed E-state index contributed by atoms with van der Waals surface area (Å²) in [4.78, 5) is 28.6. The second-order valence-electron chi connectivity index (χ2n) is 7.42. The molecule has 26 heavy (non-hydrogen) atoms. The summed E-state index contributed by atoms with van der Waals surface area (Å²) < 4.78 is 5.45. The van der Waals surface area contributed by atoms with E-state index in [1.54, 1.807) is 14.0 Å². The molecule has 1 aromatic rings. The molecule has 0 N–H and O–H groups in total. The minimum absolute atomic E-state index is 0.303. The van der Waals surface area contributed by atoms with Crippen molar-refractivity contribution in [1.82, 2.24) is 4.90 Å². The lowest BCUT2D eigenvalue weighted by Gasteiger charge is -2.39. The molecule has 3 rings (SSSR count). The van der Waals surface area contributed by atoms with Crippen LogP contribution in [0.25, 0.3) is 0 Å². The van der Waals surface area contributed by atoms with Gasteiger partial charge in [0.25, 0.3) is 5.91 Å². The van der Waals surface area contributed by atoms with Crippen molar-refractivity contribution in [2.45, 2.75) is 76.4 Å². The zero-order valence-electron chi connectivity index (χ0n) is 15.5. The molecule has 1 aromatic heterocycles. The van der Waals surface area contributed by atoms with E-state index in [1.807, 2.05) is 6.07 Å². The van der Waals surface area contributed by atoms with Crippen LogP contribution in [0, 0.1) is 11.3 Å². The molecule has 1 fully saturated rings. The highest BCUT2D eigenvalue weighted by molar-refractivity contribution is 7.14. The van der Waals surface area contributed by atoms with Gasteiger partial charge in [0.1, 0.15) is 10.4 Å². The lowest BCUT2D eigenvalue weighted by molar-refractivity contribution is -0.143. The van der Waals surface area contributed by atoms with E-state index in [4.69, 9.17) is 4.74 Å². The zero-order chi connectivity index (χ0) is 18.7. The lowest BCUT2D eigenvalue weighted by atomic mass is 9.81. The van der Waals surface area contributed by atoms with Gasteiger partial charge in [0.2, 0.25) is 0 Å². The van der Waals surface area contributed by atoms with Crippen molar-refractivity contribution < 1.29 is 14.3 Å². The molecule has 0 unspecified atom stereocenters. The Bertz CT molecular complexity index is 704. The number of fused-ring (bicyclic) bond motifs is 1. The summed E-state index contributed by atoms with van der Waals surface area (Å²) in [6.45, 7) is 1.60. The Morgan fingerprint density at radius 2 is 1.92 bits per heavy atom. The first kappa shape index (κ1) is 18.9. The summed E-state index contributed by atoms with van der Waals surface area (Å²) in [6, 6.07) is 4.25. The fourth-order valence-corrected chi connectivity index (χ4v) is 5.14. The van der Waals surface area contributed by atoms with E-state index in [2.05, 4.69) is 6.07 Å². The molecule has 0 spiro atoms. The van der Waals surface area contributed by atoms with Gasteiger partial charge in [0.05, 0.1) is 6.07 Å². The SMILES string of the molecule is C[C@@H](OC(=O)c1cc2c(s1)CCCC2)C(=O)N(C)C1(C#N)CCCCC1. The van der Waals surface area contributed by atoms with E-state index in [-0.39, 0.29) is 5.91 Å². The molecular weight excluding hydrogens is 348 g/mol. The van der Waals surface area contributed by atoms with Crippen molar-refractivity contribution >= 4 is 23.2 Å². The normalized spacial score (nSPS) is 19.7. The Balaban J connectivity index is 1.65. The summed E-state index contributed by atoms with van der Waals surface area (Å²) >= 11 is 1.49. The number of esters is 1. The number of carbonyl (C=O) groups excluding carboxylic acids is 2. The number of hydrogen-bond acceptors (Lipinski definition) is 5. The number of rotatable bonds is 4. The first-order chi connectivity index (χ1) is 12.5. The molecule has 1 amide bonds. The average molecular weight is 375 g/mol. The molecular formula is C20H26N2O3S. The fourth-order valence-electron chi connectivity index (χ4n) is 4.00. The van der Waals surface area contributed by atoms with Crippen molar-refractivity contribution in [3.05, 3.63) is 21.4 Å². The summed E-state index contributed by atoms with van der Waals surface area (Å²) in [5, 5.41) is 9.65. The molecule has 0 bridgehead atoms. The molecule has 1 atom stereocenters. The average Bonchev–Trinajstić information content (AvgIpc) is 3.11. The van der Waals surface area contributed by atoms with E-state index >= 15 is 0 Å². The summed E-state index contributed by atoms with van der Waals surface area (Å²) in [5.41, 5.74) is 0.479. The van der Waals surface area contributed by atoms with E-state index in [0.29, 0.717) is 17.7 Å². The van der Waals surface area contributed by atoms with E-state index in [0.717, 1.165) is 44.9 Å². The van der Waals surface area contributed by atoms with Crippen molar-refractivity contribution in [3.63, 3.8) is 0 Å². The number of aryl methyl sites for hydroxylation is 2. The Morgan fingerprint density at radius 3 is 2.58 bits per heavy atom. The Hall–Kier alpha value is -1.87. The minimum Gasteiger partial charge on any atom is -0.448 e. The molecule has 6 heteroatoms. The van der Waals surface area contributed by atoms with Gasteiger partial charge in [-0.1, -0.05) is 19.3 Å². The topological polar surface area (TPSA) is 70.4 Å². The standard InChI is InChI=1S/C20H26N2O3S/c1-14(18(23)22(2)20(13-21)10-6-3-7-11-20)25-19(24)17-12-15-8-4-5-9-16(15)26-17/h12,14H,3-11H2,1-2H3/t14-/m1/s1.